The van der Waals surface area contributed by atoms with Crippen molar-refractivity contribution in [3.05, 3.63) is 46.9 Å². The molecule has 0 saturated heterocycles. The van der Waals surface area contributed by atoms with Crippen LogP contribution in [0.25, 0.3) is 22.0 Å². The van der Waals surface area contributed by atoms with E-state index >= 15 is 0 Å². The number of rotatable bonds is 4. The maximum absolute atomic E-state index is 12.8. The molecule has 0 radical (unpaired) electrons. The van der Waals surface area contributed by atoms with Crippen molar-refractivity contribution >= 4 is 28.5 Å². The van der Waals surface area contributed by atoms with Gasteiger partial charge in [-0.1, -0.05) is 17.7 Å². The molecule has 4 saturated carbocycles. The Bertz CT molecular complexity index is 1200. The summed E-state index contributed by atoms with van der Waals surface area (Å²) in [5.74, 6) is 2.38. The van der Waals surface area contributed by atoms with Gasteiger partial charge in [0.15, 0.2) is 0 Å². The summed E-state index contributed by atoms with van der Waals surface area (Å²) >= 11 is 6.08. The van der Waals surface area contributed by atoms with Crippen molar-refractivity contribution in [3.8, 4) is 11.1 Å². The quantitative estimate of drug-likeness (QED) is 0.358. The molecule has 166 valence electrons. The lowest BCUT2D eigenvalue weighted by atomic mass is 9.49. The minimum absolute atomic E-state index is 0.372. The number of carbonyl (C=O) groups is 1. The molecule has 0 spiro atoms. The number of ether oxygens (including phenoxy) is 1. The molecule has 2 aromatic heterocycles. The van der Waals surface area contributed by atoms with E-state index in [1.54, 1.807) is 6.07 Å². The summed E-state index contributed by atoms with van der Waals surface area (Å²) in [5, 5.41) is 5.96. The lowest BCUT2D eigenvalue weighted by molar-refractivity contribution is -0.0638. The van der Waals surface area contributed by atoms with E-state index in [4.69, 9.17) is 21.4 Å². The van der Waals surface area contributed by atoms with Gasteiger partial charge in [0.1, 0.15) is 5.15 Å². The van der Waals surface area contributed by atoms with Crippen LogP contribution >= 0.6 is 11.6 Å². The Morgan fingerprint density at radius 1 is 1.09 bits per heavy atom. The zero-order chi connectivity index (χ0) is 22.0. The lowest BCUT2D eigenvalue weighted by Gasteiger charge is -2.56. The minimum atomic E-state index is -0.372. The van der Waals surface area contributed by atoms with E-state index in [0.717, 1.165) is 46.5 Å². The molecule has 0 N–H and O–H groups in total. The first-order chi connectivity index (χ1) is 15.4. The van der Waals surface area contributed by atoms with Crippen molar-refractivity contribution in [1.29, 1.82) is 0 Å². The number of hydrogen-bond acceptors (Lipinski definition) is 4. The number of benzene rings is 1. The molecule has 7 rings (SSSR count). The highest BCUT2D eigenvalue weighted by atomic mass is 35.5. The third-order valence-electron chi connectivity index (χ3n) is 8.27. The number of nitrogens with zero attached hydrogens (tertiary/aromatic N) is 3. The van der Waals surface area contributed by atoms with Crippen LogP contribution < -0.4 is 0 Å². The van der Waals surface area contributed by atoms with Crippen LogP contribution in [-0.4, -0.2) is 27.8 Å². The highest BCUT2D eigenvalue weighted by Gasteiger charge is 2.51. The van der Waals surface area contributed by atoms with Gasteiger partial charge in [-0.05, 0) is 86.8 Å². The predicted molar refractivity (Wildman–Crippen MR) is 125 cm³/mol. The van der Waals surface area contributed by atoms with Gasteiger partial charge in [-0.2, -0.15) is 5.10 Å². The van der Waals surface area contributed by atoms with Crippen LogP contribution in [0.2, 0.25) is 5.15 Å². The number of hydrogen-bond donors (Lipinski definition) is 0. The maximum atomic E-state index is 12.8. The smallest absolute Gasteiger partial charge is 0.339 e. The normalized spacial score (nSPS) is 28.4. The standard InChI is InChI=1S/C26H28ClN3O2/c1-15-21(19-3-5-22-20(4-6-23(27)29-22)24(19)25(31)32-2)13-28-30(15)14-26-10-16-7-17(11-26)9-18(8-16)12-26/h3-6,13,16-18H,7-12,14H2,1-2H3. The fourth-order valence-electron chi connectivity index (χ4n) is 7.40. The molecule has 2 heterocycles. The molecule has 4 aliphatic rings. The predicted octanol–water partition coefficient (Wildman–Crippen LogP) is 6.06. The second kappa shape index (κ2) is 7.31. The molecule has 3 aromatic rings. The van der Waals surface area contributed by atoms with Crippen LogP contribution in [0.15, 0.2) is 30.5 Å². The summed E-state index contributed by atoms with van der Waals surface area (Å²) in [6, 6.07) is 7.41. The van der Waals surface area contributed by atoms with Gasteiger partial charge in [0.2, 0.25) is 0 Å². The Balaban J connectivity index is 1.40. The molecule has 0 aliphatic heterocycles. The number of halogens is 1. The van der Waals surface area contributed by atoms with Gasteiger partial charge in [0.05, 0.1) is 24.4 Å². The number of aromatic nitrogens is 3. The number of esters is 1. The number of pyridine rings is 1. The summed E-state index contributed by atoms with van der Waals surface area (Å²) < 4.78 is 7.34. The van der Waals surface area contributed by atoms with E-state index in [-0.39, 0.29) is 5.97 Å². The molecule has 4 bridgehead atoms. The summed E-state index contributed by atoms with van der Waals surface area (Å²) in [6.07, 6.45) is 10.3. The van der Waals surface area contributed by atoms with Crippen LogP contribution in [-0.2, 0) is 11.3 Å². The topological polar surface area (TPSA) is 57.0 Å². The summed E-state index contributed by atoms with van der Waals surface area (Å²) in [5.41, 5.74) is 4.52. The summed E-state index contributed by atoms with van der Waals surface area (Å²) in [4.78, 5) is 17.2. The zero-order valence-electron chi connectivity index (χ0n) is 18.6. The van der Waals surface area contributed by atoms with Gasteiger partial charge in [0, 0.05) is 28.8 Å². The number of fused-ring (bicyclic) bond motifs is 1. The van der Waals surface area contributed by atoms with Crippen molar-refractivity contribution < 1.29 is 9.53 Å². The van der Waals surface area contributed by atoms with E-state index < -0.39 is 0 Å². The minimum Gasteiger partial charge on any atom is -0.465 e. The van der Waals surface area contributed by atoms with Gasteiger partial charge in [-0.15, -0.1) is 0 Å². The Hall–Kier alpha value is -2.40. The average molecular weight is 450 g/mol. The van der Waals surface area contributed by atoms with Crippen LogP contribution in [0.5, 0.6) is 0 Å². The molecule has 0 unspecified atom stereocenters. The third kappa shape index (κ3) is 3.16. The van der Waals surface area contributed by atoms with Gasteiger partial charge in [-0.3, -0.25) is 4.68 Å². The van der Waals surface area contributed by atoms with Gasteiger partial charge in [-0.25, -0.2) is 9.78 Å². The van der Waals surface area contributed by atoms with E-state index in [0.29, 0.717) is 21.6 Å². The molecular weight excluding hydrogens is 422 g/mol. The second-order valence-corrected chi connectivity index (χ2v) is 10.8. The van der Waals surface area contributed by atoms with Crippen molar-refractivity contribution in [1.82, 2.24) is 14.8 Å². The maximum Gasteiger partial charge on any atom is 0.339 e. The second-order valence-electron chi connectivity index (χ2n) is 10.4. The van der Waals surface area contributed by atoms with E-state index in [1.165, 1.54) is 45.6 Å². The molecule has 0 amide bonds. The molecule has 4 fully saturated rings. The molecule has 32 heavy (non-hydrogen) atoms. The van der Waals surface area contributed by atoms with Crippen LogP contribution in [0.1, 0.15) is 54.6 Å². The fraction of sp³-hybridized carbons (Fsp3) is 0.500. The molecule has 1 aromatic carbocycles. The average Bonchev–Trinajstić information content (AvgIpc) is 3.10. The Morgan fingerprint density at radius 2 is 1.78 bits per heavy atom. The zero-order valence-corrected chi connectivity index (χ0v) is 19.4. The van der Waals surface area contributed by atoms with Crippen molar-refractivity contribution in [2.24, 2.45) is 23.2 Å². The Kier molecular flexibility index (Phi) is 4.62. The fourth-order valence-corrected chi connectivity index (χ4v) is 7.55. The first-order valence-corrected chi connectivity index (χ1v) is 12.0. The highest BCUT2D eigenvalue weighted by Crippen LogP contribution is 2.60. The lowest BCUT2D eigenvalue weighted by Crippen LogP contribution is -2.48. The largest absolute Gasteiger partial charge is 0.465 e. The van der Waals surface area contributed by atoms with Crippen LogP contribution in [0, 0.1) is 30.1 Å². The van der Waals surface area contributed by atoms with Gasteiger partial charge < -0.3 is 4.74 Å². The summed E-state index contributed by atoms with van der Waals surface area (Å²) in [7, 11) is 1.41. The molecule has 0 atom stereocenters. The van der Waals surface area contributed by atoms with Crippen LogP contribution in [0.4, 0.5) is 0 Å². The van der Waals surface area contributed by atoms with E-state index in [2.05, 4.69) is 16.6 Å². The monoisotopic (exact) mass is 449 g/mol. The van der Waals surface area contributed by atoms with Crippen molar-refractivity contribution in [2.75, 3.05) is 7.11 Å². The third-order valence-corrected chi connectivity index (χ3v) is 8.48. The molecule has 6 heteroatoms. The van der Waals surface area contributed by atoms with Gasteiger partial charge >= 0.3 is 5.97 Å². The SMILES string of the molecule is COC(=O)c1c(-c2cnn(CC34CC5CC(CC(C5)C3)C4)c2C)ccc2nc(Cl)ccc12. The number of carbonyl (C=O) groups excluding carboxylic acids is 1. The Labute approximate surface area is 193 Å². The van der Waals surface area contributed by atoms with Crippen LogP contribution in [0.3, 0.4) is 0 Å². The molecule has 5 nitrogen and oxygen atoms in total. The first kappa shape index (κ1) is 20.2. The summed E-state index contributed by atoms with van der Waals surface area (Å²) in [6.45, 7) is 3.11. The van der Waals surface area contributed by atoms with Gasteiger partial charge in [0.25, 0.3) is 0 Å². The van der Waals surface area contributed by atoms with Crippen molar-refractivity contribution in [2.45, 2.75) is 52.0 Å². The highest BCUT2D eigenvalue weighted by molar-refractivity contribution is 6.30. The molecular formula is C26H28ClN3O2. The number of methoxy groups -OCH3 is 1. The Morgan fingerprint density at radius 3 is 2.44 bits per heavy atom. The first-order valence-electron chi connectivity index (χ1n) is 11.6. The molecule has 4 aliphatic carbocycles. The van der Waals surface area contributed by atoms with E-state index in [9.17, 15) is 4.79 Å². The van der Waals surface area contributed by atoms with E-state index in [1.807, 2.05) is 24.4 Å². The van der Waals surface area contributed by atoms with Crippen molar-refractivity contribution in [3.63, 3.8) is 0 Å².